The van der Waals surface area contributed by atoms with Gasteiger partial charge in [0.2, 0.25) is 5.78 Å². The Bertz CT molecular complexity index is 985. The highest BCUT2D eigenvalue weighted by Crippen LogP contribution is 2.25. The van der Waals surface area contributed by atoms with Crippen molar-refractivity contribution in [1.82, 2.24) is 14.5 Å². The number of hydrogen-bond acceptors (Lipinski definition) is 4. The number of aromatic nitrogens is 2. The number of nitrogens with zero attached hydrogens (tertiary/aromatic N) is 4. The molecule has 0 N–H and O–H groups in total. The van der Waals surface area contributed by atoms with Gasteiger partial charge in [-0.05, 0) is 32.1 Å². The molecule has 2 heterocycles. The lowest BCUT2D eigenvalue weighted by atomic mass is 10.1. The number of aryl methyl sites for hydroxylation is 1. The molecule has 0 atom stereocenters. The summed E-state index contributed by atoms with van der Waals surface area (Å²) < 4.78 is 7.11. The van der Waals surface area contributed by atoms with Crippen LogP contribution >= 0.6 is 0 Å². The van der Waals surface area contributed by atoms with Gasteiger partial charge < -0.3 is 9.64 Å². The van der Waals surface area contributed by atoms with Crippen molar-refractivity contribution in [2.45, 2.75) is 13.8 Å². The van der Waals surface area contributed by atoms with Gasteiger partial charge >= 0.3 is 0 Å². The fraction of sp³-hybridized carbons (Fsp3) is 0.261. The fourth-order valence-electron chi connectivity index (χ4n) is 2.97. The number of morpholine rings is 1. The van der Waals surface area contributed by atoms with Gasteiger partial charge in [-0.25, -0.2) is 9.98 Å². The third-order valence-corrected chi connectivity index (χ3v) is 4.51. The zero-order chi connectivity index (χ0) is 20.6. The second-order valence-corrected chi connectivity index (χ2v) is 6.61. The number of rotatable bonds is 6. The number of allylic oxidation sites excluding steroid dienone is 4. The fourth-order valence-corrected chi connectivity index (χ4v) is 2.97. The predicted octanol–water partition coefficient (Wildman–Crippen LogP) is 3.49. The Labute approximate surface area is 171 Å². The van der Waals surface area contributed by atoms with E-state index in [-0.39, 0.29) is 5.78 Å². The first-order chi connectivity index (χ1) is 14.1. The van der Waals surface area contributed by atoms with Crippen molar-refractivity contribution in [2.75, 3.05) is 26.3 Å². The van der Waals surface area contributed by atoms with E-state index in [0.717, 1.165) is 24.3 Å². The van der Waals surface area contributed by atoms with Crippen molar-refractivity contribution in [3.05, 3.63) is 65.7 Å². The summed E-state index contributed by atoms with van der Waals surface area (Å²) in [5.74, 6) is 2.57. The van der Waals surface area contributed by atoms with Crippen molar-refractivity contribution in [2.24, 2.45) is 4.99 Å². The molecule has 3 rings (SSSR count). The molecule has 2 aromatic rings. The molecule has 0 amide bonds. The second kappa shape index (κ2) is 9.67. The predicted molar refractivity (Wildman–Crippen MR) is 115 cm³/mol. The molecule has 1 aliphatic heterocycles. The number of imidazole rings is 1. The second-order valence-electron chi connectivity index (χ2n) is 6.61. The molecule has 0 aliphatic carbocycles. The largest absolute Gasteiger partial charge is 0.378 e. The molecule has 0 unspecified atom stereocenters. The van der Waals surface area contributed by atoms with Crippen LogP contribution in [0, 0.1) is 19.3 Å². The van der Waals surface area contributed by atoms with E-state index in [1.807, 2.05) is 43.0 Å². The molecule has 0 bridgehead atoms. The topological polar surface area (TPSA) is 59.7 Å². The van der Waals surface area contributed by atoms with E-state index in [9.17, 15) is 4.79 Å². The third-order valence-electron chi connectivity index (χ3n) is 4.51. The van der Waals surface area contributed by atoms with Gasteiger partial charge in [-0.3, -0.25) is 9.36 Å². The molecule has 1 aromatic carbocycles. The van der Waals surface area contributed by atoms with E-state index in [1.54, 1.807) is 29.4 Å². The summed E-state index contributed by atoms with van der Waals surface area (Å²) in [7, 11) is 0. The molecule has 1 fully saturated rings. The number of aliphatic imine (C=N–C) groups is 1. The lowest BCUT2D eigenvalue weighted by Gasteiger charge is -2.23. The van der Waals surface area contributed by atoms with Crippen LogP contribution in [-0.4, -0.2) is 52.9 Å². The van der Waals surface area contributed by atoms with Crippen LogP contribution < -0.4 is 0 Å². The Hall–Kier alpha value is -3.43. The maximum atomic E-state index is 13.3. The zero-order valence-electron chi connectivity index (χ0n) is 16.7. The summed E-state index contributed by atoms with van der Waals surface area (Å²) in [5, 5.41) is 0. The minimum Gasteiger partial charge on any atom is -0.378 e. The number of Topliss-reactive ketones (excluding diaryl/α,β-unsaturated/α-hetero) is 1. The van der Waals surface area contributed by atoms with Gasteiger partial charge in [0.25, 0.3) is 0 Å². The molecule has 1 aromatic heterocycles. The summed E-state index contributed by atoms with van der Waals surface area (Å²) in [6.07, 6.45) is 13.7. The lowest BCUT2D eigenvalue weighted by molar-refractivity contribution is 0.0701. The van der Waals surface area contributed by atoms with Crippen molar-refractivity contribution in [1.29, 1.82) is 0 Å². The first-order valence-corrected chi connectivity index (χ1v) is 9.48. The van der Waals surface area contributed by atoms with Crippen LogP contribution in [0.5, 0.6) is 0 Å². The van der Waals surface area contributed by atoms with Gasteiger partial charge in [-0.1, -0.05) is 35.8 Å². The third kappa shape index (κ3) is 4.89. The van der Waals surface area contributed by atoms with Gasteiger partial charge in [0.15, 0.2) is 5.82 Å². The number of hydrogen-bond donors (Lipinski definition) is 0. The highest BCUT2D eigenvalue weighted by Gasteiger charge is 2.22. The van der Waals surface area contributed by atoms with Crippen LogP contribution in [-0.2, 0) is 4.74 Å². The number of ketones is 1. The minimum absolute atomic E-state index is 0.228. The number of terminal acetylenes is 1. The molecule has 0 spiro atoms. The number of carbonyl (C=O) groups excluding carboxylic acids is 1. The molecule has 148 valence electrons. The zero-order valence-corrected chi connectivity index (χ0v) is 16.7. The Morgan fingerprint density at radius 3 is 2.66 bits per heavy atom. The number of carbonyl (C=O) groups is 1. The smallest absolute Gasteiger partial charge is 0.214 e. The molecular formula is C23H24N4O2. The van der Waals surface area contributed by atoms with E-state index in [2.05, 4.69) is 15.9 Å². The maximum Gasteiger partial charge on any atom is 0.214 e. The summed E-state index contributed by atoms with van der Waals surface area (Å²) >= 11 is 0. The summed E-state index contributed by atoms with van der Waals surface area (Å²) in [4.78, 5) is 24.3. The first-order valence-electron chi connectivity index (χ1n) is 9.48. The van der Waals surface area contributed by atoms with Crippen molar-refractivity contribution < 1.29 is 9.53 Å². The lowest BCUT2D eigenvalue weighted by Crippen LogP contribution is -2.35. The highest BCUT2D eigenvalue weighted by molar-refractivity contribution is 6.12. The Balaban J connectivity index is 2.05. The minimum atomic E-state index is -0.228. The van der Waals surface area contributed by atoms with Crippen LogP contribution in [0.15, 0.2) is 59.4 Å². The summed E-state index contributed by atoms with van der Waals surface area (Å²) in [5.41, 5.74) is 2.75. The van der Waals surface area contributed by atoms with Crippen LogP contribution in [0.1, 0.15) is 23.0 Å². The van der Waals surface area contributed by atoms with Gasteiger partial charge in [0.1, 0.15) is 12.0 Å². The van der Waals surface area contributed by atoms with Crippen molar-refractivity contribution in [3.63, 3.8) is 0 Å². The molecular weight excluding hydrogens is 364 g/mol. The Morgan fingerprint density at radius 2 is 2.00 bits per heavy atom. The van der Waals surface area contributed by atoms with E-state index < -0.39 is 0 Å². The quantitative estimate of drug-likeness (QED) is 0.190. The van der Waals surface area contributed by atoms with E-state index in [0.29, 0.717) is 30.3 Å². The molecule has 1 aliphatic rings. The van der Waals surface area contributed by atoms with Crippen molar-refractivity contribution in [3.8, 4) is 18.0 Å². The Morgan fingerprint density at radius 1 is 1.28 bits per heavy atom. The molecule has 6 heteroatoms. The van der Waals surface area contributed by atoms with Gasteiger partial charge in [0, 0.05) is 24.4 Å². The van der Waals surface area contributed by atoms with Crippen LogP contribution in [0.25, 0.3) is 5.69 Å². The Kier molecular flexibility index (Phi) is 6.77. The van der Waals surface area contributed by atoms with Crippen LogP contribution in [0.4, 0.5) is 5.82 Å². The average Bonchev–Trinajstić information content (AvgIpc) is 3.17. The SMILES string of the molecule is C#C/C=C(\C=C/C)C(=O)c1c(N=CN2CCOCC2)ncn1-c1ccc(C)cc1. The molecule has 0 saturated carbocycles. The highest BCUT2D eigenvalue weighted by atomic mass is 16.5. The van der Waals surface area contributed by atoms with Crippen LogP contribution in [0.3, 0.4) is 0 Å². The first kappa shape index (κ1) is 20.3. The van der Waals surface area contributed by atoms with Gasteiger partial charge in [0.05, 0.1) is 19.6 Å². The standard InChI is InChI=1S/C23H24N4O2/c1-4-6-19(7-5-2)22(28)21-23(24-16-26-12-14-29-15-13-26)25-17-27(21)20-10-8-18(3)9-11-20/h1,5-11,16-17H,12-15H2,2-3H3/b7-5-,19-6+,24-16?. The molecule has 1 saturated heterocycles. The normalized spacial score (nSPS) is 15.2. The number of benzene rings is 1. The van der Waals surface area contributed by atoms with Crippen molar-refractivity contribution >= 4 is 17.9 Å². The summed E-state index contributed by atoms with van der Waals surface area (Å²) in [6.45, 7) is 6.68. The monoisotopic (exact) mass is 388 g/mol. The van der Waals surface area contributed by atoms with Gasteiger partial charge in [-0.15, -0.1) is 6.42 Å². The number of ether oxygens (including phenoxy) is 1. The molecule has 0 radical (unpaired) electrons. The van der Waals surface area contributed by atoms with E-state index >= 15 is 0 Å². The molecule has 29 heavy (non-hydrogen) atoms. The van der Waals surface area contributed by atoms with E-state index in [4.69, 9.17) is 11.2 Å². The molecule has 6 nitrogen and oxygen atoms in total. The average molecular weight is 388 g/mol. The van der Waals surface area contributed by atoms with Gasteiger partial charge in [-0.2, -0.15) is 0 Å². The summed E-state index contributed by atoms with van der Waals surface area (Å²) in [6, 6.07) is 7.88. The maximum absolute atomic E-state index is 13.3. The van der Waals surface area contributed by atoms with E-state index in [1.165, 1.54) is 6.08 Å². The van der Waals surface area contributed by atoms with Crippen LogP contribution in [0.2, 0.25) is 0 Å².